The smallest absolute Gasteiger partial charge is 0.273 e. The van der Waals surface area contributed by atoms with Crippen molar-refractivity contribution < 1.29 is 13.2 Å². The van der Waals surface area contributed by atoms with Crippen molar-refractivity contribution in [2.75, 3.05) is 0 Å². The van der Waals surface area contributed by atoms with Gasteiger partial charge in [0.15, 0.2) is 0 Å². The molecule has 0 radical (unpaired) electrons. The molecule has 1 amide bonds. The Morgan fingerprint density at radius 2 is 2.05 bits per heavy atom. The van der Waals surface area contributed by atoms with Gasteiger partial charge in [-0.15, -0.1) is 27.5 Å². The number of carbonyl (C=O) groups is 1. The van der Waals surface area contributed by atoms with Gasteiger partial charge in [-0.1, -0.05) is 0 Å². The number of rotatable bonds is 4. The largest absolute Gasteiger partial charge is 0.276 e. The van der Waals surface area contributed by atoms with Crippen LogP contribution in [0.25, 0.3) is 0 Å². The molecule has 8 heteroatoms. The van der Waals surface area contributed by atoms with Gasteiger partial charge in [0, 0.05) is 9.75 Å². The maximum absolute atomic E-state index is 12.0. The lowest BCUT2D eigenvalue weighted by atomic mass is 10.2. The molecule has 5 nitrogen and oxygen atoms in total. The lowest BCUT2D eigenvalue weighted by Crippen LogP contribution is -2.40. The Labute approximate surface area is 131 Å². The molecule has 1 aliphatic carbocycles. The molecule has 1 aliphatic rings. The van der Waals surface area contributed by atoms with E-state index in [1.165, 1.54) is 27.8 Å². The van der Waals surface area contributed by atoms with E-state index in [9.17, 15) is 13.2 Å². The van der Waals surface area contributed by atoms with E-state index in [0.29, 0.717) is 4.88 Å². The van der Waals surface area contributed by atoms with E-state index < -0.39 is 15.9 Å². The van der Waals surface area contributed by atoms with Crippen LogP contribution in [-0.4, -0.2) is 14.3 Å². The number of thiophene rings is 2. The molecule has 0 spiro atoms. The molecule has 0 bridgehead atoms. The summed E-state index contributed by atoms with van der Waals surface area (Å²) in [4.78, 5) is 16.8. The molecule has 2 aromatic rings. The lowest BCUT2D eigenvalue weighted by Gasteiger charge is -2.05. The van der Waals surface area contributed by atoms with Gasteiger partial charge in [0.05, 0.1) is 4.88 Å². The highest BCUT2D eigenvalue weighted by Gasteiger charge is 2.21. The highest BCUT2D eigenvalue weighted by atomic mass is 32.2. The second-order valence-electron chi connectivity index (χ2n) is 4.84. The number of sulfonamides is 1. The molecule has 0 fully saturated rings. The Bertz CT molecular complexity index is 768. The molecule has 2 N–H and O–H groups in total. The van der Waals surface area contributed by atoms with Crippen LogP contribution in [-0.2, 0) is 22.9 Å². The summed E-state index contributed by atoms with van der Waals surface area (Å²) in [5, 5.41) is 0. The summed E-state index contributed by atoms with van der Waals surface area (Å²) in [6.45, 7) is 1.83. The van der Waals surface area contributed by atoms with Gasteiger partial charge in [0.1, 0.15) is 4.21 Å². The maximum Gasteiger partial charge on any atom is 0.276 e. The molecule has 0 saturated heterocycles. The van der Waals surface area contributed by atoms with Crippen molar-refractivity contribution in [3.8, 4) is 0 Å². The van der Waals surface area contributed by atoms with E-state index >= 15 is 0 Å². The monoisotopic (exact) mass is 342 g/mol. The highest BCUT2D eigenvalue weighted by Crippen LogP contribution is 2.30. The second-order valence-corrected chi connectivity index (χ2v) is 9.17. The van der Waals surface area contributed by atoms with E-state index in [4.69, 9.17) is 0 Å². The molecule has 3 rings (SSSR count). The van der Waals surface area contributed by atoms with Crippen molar-refractivity contribution >= 4 is 38.6 Å². The minimum atomic E-state index is -3.70. The molecule has 2 aromatic heterocycles. The predicted molar refractivity (Wildman–Crippen MR) is 83.2 cm³/mol. The van der Waals surface area contributed by atoms with Crippen molar-refractivity contribution in [3.05, 3.63) is 38.4 Å². The summed E-state index contributed by atoms with van der Waals surface area (Å²) in [7, 11) is -3.70. The van der Waals surface area contributed by atoms with Gasteiger partial charge in [-0.05, 0) is 49.9 Å². The number of aryl methyl sites for hydroxylation is 3. The number of fused-ring (bicyclic) bond motifs is 1. The quantitative estimate of drug-likeness (QED) is 0.837. The van der Waals surface area contributed by atoms with Gasteiger partial charge in [-0.2, -0.15) is 0 Å². The van der Waals surface area contributed by atoms with Gasteiger partial charge in [-0.3, -0.25) is 10.2 Å². The van der Waals surface area contributed by atoms with E-state index in [2.05, 4.69) is 10.3 Å². The molecular weight excluding hydrogens is 328 g/mol. The Kier molecular flexibility index (Phi) is 3.87. The summed E-state index contributed by atoms with van der Waals surface area (Å²) in [6.07, 6.45) is 3.14. The van der Waals surface area contributed by atoms with Crippen LogP contribution in [0.15, 0.2) is 22.4 Å². The first-order valence-corrected chi connectivity index (χ1v) is 9.57. The van der Waals surface area contributed by atoms with Gasteiger partial charge in [0.2, 0.25) is 0 Å². The predicted octanol–water partition coefficient (Wildman–Crippen LogP) is 2.23. The summed E-state index contributed by atoms with van der Waals surface area (Å²) in [6, 6.07) is 5.10. The topological polar surface area (TPSA) is 75.3 Å². The maximum atomic E-state index is 12.0. The Hall–Kier alpha value is -1.22. The first kappa shape index (κ1) is 14.7. The molecule has 0 aromatic carbocycles. The average Bonchev–Trinajstić information content (AvgIpc) is 3.10. The third kappa shape index (κ3) is 3.03. The van der Waals surface area contributed by atoms with Gasteiger partial charge in [-0.25, -0.2) is 8.42 Å². The zero-order chi connectivity index (χ0) is 15.0. The van der Waals surface area contributed by atoms with Crippen LogP contribution in [0, 0.1) is 6.92 Å². The van der Waals surface area contributed by atoms with E-state index in [0.717, 1.165) is 35.5 Å². The van der Waals surface area contributed by atoms with Crippen molar-refractivity contribution in [2.45, 2.75) is 30.4 Å². The first-order valence-electron chi connectivity index (χ1n) is 6.46. The number of carbonyl (C=O) groups excluding carboxylic acids is 1. The fraction of sp³-hybridized carbons (Fsp3) is 0.308. The average molecular weight is 342 g/mol. The normalized spacial score (nSPS) is 14.1. The van der Waals surface area contributed by atoms with Crippen LogP contribution in [0.1, 0.15) is 31.4 Å². The fourth-order valence-corrected chi connectivity index (χ4v) is 5.49. The molecule has 0 unspecified atom stereocenters. The van der Waals surface area contributed by atoms with Crippen LogP contribution in [0.2, 0.25) is 0 Å². The van der Waals surface area contributed by atoms with Crippen molar-refractivity contribution in [1.82, 2.24) is 10.3 Å². The zero-order valence-corrected chi connectivity index (χ0v) is 13.8. The Morgan fingerprint density at radius 3 is 2.71 bits per heavy atom. The van der Waals surface area contributed by atoms with Crippen LogP contribution in [0.4, 0.5) is 0 Å². The van der Waals surface area contributed by atoms with E-state index in [1.807, 2.05) is 13.0 Å². The number of hydrazine groups is 1. The summed E-state index contributed by atoms with van der Waals surface area (Å²) in [5.74, 6) is -0.411. The van der Waals surface area contributed by atoms with Gasteiger partial charge >= 0.3 is 0 Å². The van der Waals surface area contributed by atoms with Gasteiger partial charge < -0.3 is 0 Å². The highest BCUT2D eigenvalue weighted by molar-refractivity contribution is 7.91. The third-order valence-corrected chi connectivity index (χ3v) is 7.23. The SMILES string of the molecule is Cc1ccc(S(=O)(=O)NNC(=O)c2cc3c(s2)CCC3)s1. The number of hydrogen-bond acceptors (Lipinski definition) is 5. The Balaban J connectivity index is 1.68. The Morgan fingerprint density at radius 1 is 1.24 bits per heavy atom. The van der Waals surface area contributed by atoms with Crippen LogP contribution < -0.4 is 10.3 Å². The zero-order valence-electron chi connectivity index (χ0n) is 11.3. The summed E-state index contributed by atoms with van der Waals surface area (Å²) < 4.78 is 24.2. The number of amides is 1. The van der Waals surface area contributed by atoms with E-state index in [1.54, 1.807) is 6.07 Å². The molecule has 0 saturated carbocycles. The molecule has 2 heterocycles. The molecular formula is C13H14N2O3S3. The molecule has 0 atom stereocenters. The van der Waals surface area contributed by atoms with Gasteiger partial charge in [0.25, 0.3) is 15.9 Å². The summed E-state index contributed by atoms with van der Waals surface area (Å²) in [5.41, 5.74) is 3.49. The molecule has 0 aliphatic heterocycles. The summed E-state index contributed by atoms with van der Waals surface area (Å²) >= 11 is 2.60. The lowest BCUT2D eigenvalue weighted by molar-refractivity contribution is 0.0949. The third-order valence-electron chi connectivity index (χ3n) is 3.25. The molecule has 112 valence electrons. The number of hydrogen-bond donors (Lipinski definition) is 2. The molecule has 21 heavy (non-hydrogen) atoms. The number of nitrogens with one attached hydrogen (secondary N) is 2. The second kappa shape index (κ2) is 5.53. The van der Waals surface area contributed by atoms with Crippen molar-refractivity contribution in [3.63, 3.8) is 0 Å². The minimum absolute atomic E-state index is 0.189. The van der Waals surface area contributed by atoms with Crippen molar-refractivity contribution in [1.29, 1.82) is 0 Å². The fourth-order valence-electron chi connectivity index (χ4n) is 2.22. The van der Waals surface area contributed by atoms with Crippen molar-refractivity contribution in [2.24, 2.45) is 0 Å². The standard InChI is InChI=1S/C13H14N2O3S3/c1-8-5-6-12(19-8)21(17,18)15-14-13(16)11-7-9-3-2-4-10(9)20-11/h5-7,15H,2-4H2,1H3,(H,14,16). The van der Waals surface area contributed by atoms with E-state index in [-0.39, 0.29) is 4.21 Å². The van der Waals surface area contributed by atoms with Crippen LogP contribution in [0.3, 0.4) is 0 Å². The van der Waals surface area contributed by atoms with Crippen LogP contribution in [0.5, 0.6) is 0 Å². The minimum Gasteiger partial charge on any atom is -0.273 e. The first-order chi connectivity index (χ1) is 9.95. The van der Waals surface area contributed by atoms with Crippen LogP contribution >= 0.6 is 22.7 Å².